The van der Waals surface area contributed by atoms with Gasteiger partial charge in [0.25, 0.3) is 5.91 Å². The molecule has 0 unspecified atom stereocenters. The highest BCUT2D eigenvalue weighted by atomic mass is 16.5. The monoisotopic (exact) mass is 415 g/mol. The maximum Gasteiger partial charge on any atom is 0.338 e. The number of ether oxygens (including phenoxy) is 1. The lowest BCUT2D eigenvalue weighted by molar-refractivity contribution is -0.124. The van der Waals surface area contributed by atoms with Crippen LogP contribution in [0, 0.1) is 5.92 Å². The zero-order valence-corrected chi connectivity index (χ0v) is 18.3. The highest BCUT2D eigenvalue weighted by molar-refractivity contribution is 5.91. The summed E-state index contributed by atoms with van der Waals surface area (Å²) in [6.07, 6.45) is 1.03. The quantitative estimate of drug-likeness (QED) is 0.488. The zero-order valence-electron chi connectivity index (χ0n) is 18.3. The van der Waals surface area contributed by atoms with Gasteiger partial charge in [0.05, 0.1) is 11.6 Å². The van der Waals surface area contributed by atoms with Crippen LogP contribution in [0.2, 0.25) is 0 Å². The first-order valence-electron chi connectivity index (χ1n) is 10.6. The molecule has 0 aliphatic heterocycles. The van der Waals surface area contributed by atoms with Crippen molar-refractivity contribution in [2.24, 2.45) is 5.92 Å². The Morgan fingerprint density at radius 2 is 1.42 bits per heavy atom. The fraction of sp³-hybridized carbons (Fsp3) is 0.259. The van der Waals surface area contributed by atoms with Crippen LogP contribution in [-0.2, 0) is 16.0 Å². The van der Waals surface area contributed by atoms with E-state index in [0.717, 1.165) is 23.1 Å². The number of amides is 1. The van der Waals surface area contributed by atoms with Gasteiger partial charge in [0.1, 0.15) is 0 Å². The molecule has 160 valence electrons. The van der Waals surface area contributed by atoms with E-state index in [1.807, 2.05) is 61.5 Å². The molecule has 1 N–H and O–H groups in total. The minimum Gasteiger partial charge on any atom is -0.452 e. The Morgan fingerprint density at radius 3 is 2.03 bits per heavy atom. The van der Waals surface area contributed by atoms with E-state index < -0.39 is 5.97 Å². The Morgan fingerprint density at radius 1 is 0.806 bits per heavy atom. The van der Waals surface area contributed by atoms with Crippen LogP contribution in [0.5, 0.6) is 0 Å². The third-order valence-corrected chi connectivity index (χ3v) is 5.06. The van der Waals surface area contributed by atoms with Gasteiger partial charge in [0.15, 0.2) is 6.61 Å². The van der Waals surface area contributed by atoms with Gasteiger partial charge in [0, 0.05) is 0 Å². The number of nitrogens with one attached hydrogen (secondary N) is 1. The number of esters is 1. The average molecular weight is 416 g/mol. The summed E-state index contributed by atoms with van der Waals surface area (Å²) in [5.41, 5.74) is 4.81. The van der Waals surface area contributed by atoms with Gasteiger partial charge in [-0.15, -0.1) is 0 Å². The van der Waals surface area contributed by atoms with Crippen molar-refractivity contribution < 1.29 is 14.3 Å². The molecular formula is C27H29NO3. The Kier molecular flexibility index (Phi) is 7.60. The molecule has 0 bridgehead atoms. The third kappa shape index (κ3) is 6.54. The van der Waals surface area contributed by atoms with Crippen LogP contribution in [-0.4, -0.2) is 18.5 Å². The first kappa shape index (κ1) is 22.3. The fourth-order valence-electron chi connectivity index (χ4n) is 3.42. The summed E-state index contributed by atoms with van der Waals surface area (Å²) >= 11 is 0. The van der Waals surface area contributed by atoms with Crippen molar-refractivity contribution in [3.05, 3.63) is 95.6 Å². The fourth-order valence-corrected chi connectivity index (χ4v) is 3.42. The van der Waals surface area contributed by atoms with E-state index in [2.05, 4.69) is 31.3 Å². The van der Waals surface area contributed by atoms with Gasteiger partial charge >= 0.3 is 5.97 Å². The zero-order chi connectivity index (χ0) is 22.2. The first-order chi connectivity index (χ1) is 14.9. The second kappa shape index (κ2) is 10.6. The number of hydrogen-bond donors (Lipinski definition) is 1. The van der Waals surface area contributed by atoms with Crippen molar-refractivity contribution in [3.8, 4) is 11.1 Å². The van der Waals surface area contributed by atoms with E-state index in [1.54, 1.807) is 12.1 Å². The number of benzene rings is 3. The minimum atomic E-state index is -0.513. The molecule has 0 saturated heterocycles. The second-order valence-corrected chi connectivity index (χ2v) is 8.15. The standard InChI is InChI=1S/C27H29NO3/c1-19(2)17-21-9-11-22(12-10-21)20(3)28-26(29)18-31-27(30)25-15-13-24(14-16-25)23-7-5-4-6-8-23/h4-16,19-20H,17-18H2,1-3H3,(H,28,29)/t20-/m0/s1. The van der Waals surface area contributed by atoms with E-state index in [0.29, 0.717) is 11.5 Å². The van der Waals surface area contributed by atoms with Crippen LogP contribution in [0.1, 0.15) is 48.3 Å². The van der Waals surface area contributed by atoms with Gasteiger partial charge in [0.2, 0.25) is 0 Å². The van der Waals surface area contributed by atoms with Crippen molar-refractivity contribution >= 4 is 11.9 Å². The largest absolute Gasteiger partial charge is 0.452 e. The lowest BCUT2D eigenvalue weighted by Crippen LogP contribution is -2.31. The molecule has 0 heterocycles. The molecule has 3 aromatic carbocycles. The molecule has 0 aliphatic carbocycles. The molecule has 0 radical (unpaired) electrons. The Hall–Kier alpha value is -3.40. The molecule has 31 heavy (non-hydrogen) atoms. The molecular weight excluding hydrogens is 386 g/mol. The predicted octanol–water partition coefficient (Wildman–Crippen LogP) is 5.59. The maximum absolute atomic E-state index is 12.3. The van der Waals surface area contributed by atoms with Crippen LogP contribution < -0.4 is 5.32 Å². The molecule has 0 fully saturated rings. The van der Waals surface area contributed by atoms with E-state index in [1.165, 1.54) is 5.56 Å². The molecule has 0 spiro atoms. The van der Waals surface area contributed by atoms with Crippen molar-refractivity contribution in [1.82, 2.24) is 5.32 Å². The molecule has 1 amide bonds. The summed E-state index contributed by atoms with van der Waals surface area (Å²) in [5, 5.41) is 2.88. The first-order valence-corrected chi connectivity index (χ1v) is 10.6. The van der Waals surface area contributed by atoms with Crippen LogP contribution in [0.25, 0.3) is 11.1 Å². The molecule has 0 aliphatic rings. The maximum atomic E-state index is 12.3. The number of hydrogen-bond acceptors (Lipinski definition) is 3. The molecule has 4 nitrogen and oxygen atoms in total. The summed E-state index contributed by atoms with van der Waals surface area (Å²) in [4.78, 5) is 24.5. The summed E-state index contributed by atoms with van der Waals surface area (Å²) in [6, 6.07) is 25.2. The van der Waals surface area contributed by atoms with Crippen molar-refractivity contribution in [1.29, 1.82) is 0 Å². The smallest absolute Gasteiger partial charge is 0.338 e. The Labute approximate surface area is 184 Å². The lowest BCUT2D eigenvalue weighted by atomic mass is 10.00. The molecule has 1 atom stereocenters. The number of rotatable bonds is 8. The van der Waals surface area contributed by atoms with Crippen LogP contribution >= 0.6 is 0 Å². The highest BCUT2D eigenvalue weighted by Gasteiger charge is 2.13. The average Bonchev–Trinajstić information content (AvgIpc) is 2.78. The van der Waals surface area contributed by atoms with Gasteiger partial charge in [-0.05, 0) is 53.6 Å². The van der Waals surface area contributed by atoms with Crippen molar-refractivity contribution in [2.75, 3.05) is 6.61 Å². The van der Waals surface area contributed by atoms with Gasteiger partial charge < -0.3 is 10.1 Å². The minimum absolute atomic E-state index is 0.163. The van der Waals surface area contributed by atoms with Crippen LogP contribution in [0.3, 0.4) is 0 Å². The number of carbonyl (C=O) groups excluding carboxylic acids is 2. The van der Waals surface area contributed by atoms with Gasteiger partial charge in [-0.25, -0.2) is 4.79 Å². The van der Waals surface area contributed by atoms with Gasteiger partial charge in [-0.1, -0.05) is 80.6 Å². The molecule has 0 aromatic heterocycles. The van der Waals surface area contributed by atoms with Gasteiger partial charge in [-0.2, -0.15) is 0 Å². The van der Waals surface area contributed by atoms with Gasteiger partial charge in [-0.3, -0.25) is 4.79 Å². The third-order valence-electron chi connectivity index (χ3n) is 5.06. The summed E-state index contributed by atoms with van der Waals surface area (Å²) < 4.78 is 5.18. The van der Waals surface area contributed by atoms with Crippen LogP contribution in [0.4, 0.5) is 0 Å². The van der Waals surface area contributed by atoms with E-state index in [-0.39, 0.29) is 18.6 Å². The predicted molar refractivity (Wildman–Crippen MR) is 124 cm³/mol. The Bertz CT molecular complexity index is 993. The molecule has 4 heteroatoms. The van der Waals surface area contributed by atoms with Crippen LogP contribution in [0.15, 0.2) is 78.9 Å². The van der Waals surface area contributed by atoms with Crippen molar-refractivity contribution in [3.63, 3.8) is 0 Å². The molecule has 3 rings (SSSR count). The summed E-state index contributed by atoms with van der Waals surface area (Å²) in [6.45, 7) is 5.99. The van der Waals surface area contributed by atoms with E-state index >= 15 is 0 Å². The summed E-state index contributed by atoms with van der Waals surface area (Å²) in [5.74, 6) is -0.235. The lowest BCUT2D eigenvalue weighted by Gasteiger charge is -2.15. The SMILES string of the molecule is CC(C)Cc1ccc([C@H](C)NC(=O)COC(=O)c2ccc(-c3ccccc3)cc2)cc1. The molecule has 3 aromatic rings. The highest BCUT2D eigenvalue weighted by Crippen LogP contribution is 2.19. The van der Waals surface area contributed by atoms with E-state index in [4.69, 9.17) is 4.74 Å². The Balaban J connectivity index is 1.49. The second-order valence-electron chi connectivity index (χ2n) is 8.15. The van der Waals surface area contributed by atoms with E-state index in [9.17, 15) is 9.59 Å². The summed E-state index contributed by atoms with van der Waals surface area (Å²) in [7, 11) is 0. The molecule has 0 saturated carbocycles. The topological polar surface area (TPSA) is 55.4 Å². The number of carbonyl (C=O) groups is 2. The van der Waals surface area contributed by atoms with Crippen molar-refractivity contribution in [2.45, 2.75) is 33.2 Å². The normalized spacial score (nSPS) is 11.7.